The highest BCUT2D eigenvalue weighted by molar-refractivity contribution is 8.00. The SMILES string of the molecule is O=C(Cc1ccccc1)N[C@@H]1C(=O)N2C(C(=O)OC(c3ccccc3)c3ccccc3)=C([C@@H]3CC3(c3ccccc3)c3ccccc3)CS[C@H]12. The molecule has 6 nitrogen and oxygen atoms in total. The lowest BCUT2D eigenvalue weighted by molar-refractivity contribution is -0.154. The zero-order valence-corrected chi connectivity index (χ0v) is 28.2. The zero-order valence-electron chi connectivity index (χ0n) is 27.4. The standard InChI is InChI=1S/C43H36N2O4S/c46-36(26-29-16-6-1-7-17-29)44-37-40(47)45-38(42(48)49-39(30-18-8-2-9-19-30)31-20-10-3-11-21-31)34(28-50-41(37)45)35-27-43(35,32-22-12-4-13-23-32)33-24-14-5-15-25-33/h1-25,35,37,39,41H,26-28H2,(H,44,46)/t35-,37+,41+/m0/s1. The van der Waals surface area contributed by atoms with Crippen LogP contribution in [0, 0.1) is 5.92 Å². The second-order valence-corrected chi connectivity index (χ2v) is 14.2. The van der Waals surface area contributed by atoms with Crippen molar-refractivity contribution in [1.82, 2.24) is 10.2 Å². The molecule has 1 aliphatic carbocycles. The lowest BCUT2D eigenvalue weighted by Gasteiger charge is -2.50. The van der Waals surface area contributed by atoms with E-state index in [2.05, 4.69) is 53.8 Å². The fourth-order valence-corrected chi connectivity index (χ4v) is 9.03. The molecule has 7 heteroatoms. The van der Waals surface area contributed by atoms with Crippen molar-refractivity contribution in [2.75, 3.05) is 5.75 Å². The Morgan fingerprint density at radius 3 is 1.78 bits per heavy atom. The third kappa shape index (κ3) is 5.81. The van der Waals surface area contributed by atoms with Gasteiger partial charge in [-0.3, -0.25) is 14.5 Å². The summed E-state index contributed by atoms with van der Waals surface area (Å²) >= 11 is 1.60. The highest BCUT2D eigenvalue weighted by Crippen LogP contribution is 2.64. The number of carbonyl (C=O) groups excluding carboxylic acids is 3. The topological polar surface area (TPSA) is 75.7 Å². The molecule has 3 atom stereocenters. The molecule has 0 bridgehead atoms. The number of carbonyl (C=O) groups is 3. The van der Waals surface area contributed by atoms with E-state index in [9.17, 15) is 14.4 Å². The maximum absolute atomic E-state index is 14.7. The molecule has 50 heavy (non-hydrogen) atoms. The van der Waals surface area contributed by atoms with Gasteiger partial charge >= 0.3 is 5.97 Å². The predicted molar refractivity (Wildman–Crippen MR) is 195 cm³/mol. The molecular weight excluding hydrogens is 641 g/mol. The van der Waals surface area contributed by atoms with Gasteiger partial charge in [-0.2, -0.15) is 0 Å². The highest BCUT2D eigenvalue weighted by Gasteiger charge is 2.62. The van der Waals surface area contributed by atoms with Gasteiger partial charge in [-0.05, 0) is 45.7 Å². The first kappa shape index (κ1) is 31.8. The van der Waals surface area contributed by atoms with Crippen LogP contribution in [0.2, 0.25) is 0 Å². The third-order valence-corrected chi connectivity index (χ3v) is 11.4. The van der Waals surface area contributed by atoms with Gasteiger partial charge in [0.1, 0.15) is 17.1 Å². The first-order valence-electron chi connectivity index (χ1n) is 17.0. The Morgan fingerprint density at radius 2 is 1.24 bits per heavy atom. The van der Waals surface area contributed by atoms with Gasteiger partial charge < -0.3 is 10.1 Å². The van der Waals surface area contributed by atoms with Gasteiger partial charge in [-0.15, -0.1) is 11.8 Å². The maximum atomic E-state index is 14.7. The number of nitrogens with one attached hydrogen (secondary N) is 1. The number of nitrogens with zero attached hydrogens (tertiary/aromatic N) is 1. The lowest BCUT2D eigenvalue weighted by Crippen LogP contribution is -2.70. The van der Waals surface area contributed by atoms with Gasteiger partial charge in [0.15, 0.2) is 6.10 Å². The van der Waals surface area contributed by atoms with Crippen molar-refractivity contribution in [2.24, 2.45) is 5.92 Å². The summed E-state index contributed by atoms with van der Waals surface area (Å²) < 4.78 is 6.46. The van der Waals surface area contributed by atoms with Crippen LogP contribution in [0.25, 0.3) is 0 Å². The molecule has 0 unspecified atom stereocenters. The molecule has 248 valence electrons. The average Bonchev–Trinajstić information content (AvgIpc) is 3.94. The molecule has 2 amide bonds. The normalized spacial score (nSPS) is 20.5. The second-order valence-electron chi connectivity index (χ2n) is 13.1. The predicted octanol–water partition coefficient (Wildman–Crippen LogP) is 7.22. The van der Waals surface area contributed by atoms with Crippen LogP contribution >= 0.6 is 11.8 Å². The number of thioether (sulfide) groups is 1. The lowest BCUT2D eigenvalue weighted by atomic mass is 9.83. The van der Waals surface area contributed by atoms with Crippen molar-refractivity contribution in [3.63, 3.8) is 0 Å². The monoisotopic (exact) mass is 676 g/mol. The van der Waals surface area contributed by atoms with E-state index >= 15 is 0 Å². The Bertz CT molecular complexity index is 1960. The van der Waals surface area contributed by atoms with Crippen LogP contribution in [0.5, 0.6) is 0 Å². The summed E-state index contributed by atoms with van der Waals surface area (Å²) in [4.78, 5) is 43.5. The van der Waals surface area contributed by atoms with Gasteiger partial charge in [0, 0.05) is 11.2 Å². The summed E-state index contributed by atoms with van der Waals surface area (Å²) in [5.74, 6) is -0.537. The molecular formula is C43H36N2O4S. The maximum Gasteiger partial charge on any atom is 0.356 e. The van der Waals surface area contributed by atoms with Gasteiger partial charge in [-0.25, -0.2) is 4.79 Å². The molecule has 1 saturated carbocycles. The van der Waals surface area contributed by atoms with Crippen molar-refractivity contribution in [2.45, 2.75) is 35.8 Å². The van der Waals surface area contributed by atoms with Crippen molar-refractivity contribution >= 4 is 29.5 Å². The van der Waals surface area contributed by atoms with Crippen LogP contribution in [-0.4, -0.2) is 39.9 Å². The Balaban J connectivity index is 1.17. The van der Waals surface area contributed by atoms with E-state index in [-0.39, 0.29) is 29.6 Å². The summed E-state index contributed by atoms with van der Waals surface area (Å²) in [5, 5.41) is 2.55. The molecule has 1 saturated heterocycles. The minimum Gasteiger partial charge on any atom is -0.448 e. The molecule has 3 aliphatic rings. The summed E-state index contributed by atoms with van der Waals surface area (Å²) in [6.45, 7) is 0. The van der Waals surface area contributed by atoms with E-state index in [4.69, 9.17) is 4.74 Å². The zero-order chi connectivity index (χ0) is 34.1. The van der Waals surface area contributed by atoms with Crippen molar-refractivity contribution in [3.05, 3.63) is 191 Å². The fraction of sp³-hybridized carbons (Fsp3) is 0.186. The Hall–Kier alpha value is -5.40. The summed E-state index contributed by atoms with van der Waals surface area (Å²) in [6.07, 6.45) is 0.307. The minimum absolute atomic E-state index is 0.0188. The van der Waals surface area contributed by atoms with Crippen LogP contribution in [0.3, 0.4) is 0 Å². The molecule has 5 aromatic rings. The molecule has 0 aromatic heterocycles. The molecule has 0 spiro atoms. The van der Waals surface area contributed by atoms with Gasteiger partial charge in [-0.1, -0.05) is 152 Å². The number of hydrogen-bond donors (Lipinski definition) is 1. The second kappa shape index (κ2) is 13.5. The van der Waals surface area contributed by atoms with E-state index in [0.29, 0.717) is 11.4 Å². The number of benzene rings is 5. The quantitative estimate of drug-likeness (QED) is 0.125. The molecule has 2 fully saturated rings. The first-order valence-corrected chi connectivity index (χ1v) is 18.0. The number of rotatable bonds is 10. The third-order valence-electron chi connectivity index (χ3n) is 10.1. The van der Waals surface area contributed by atoms with Crippen LogP contribution in [0.15, 0.2) is 163 Å². The Labute approximate surface area is 296 Å². The highest BCUT2D eigenvalue weighted by atomic mass is 32.2. The summed E-state index contributed by atoms with van der Waals surface area (Å²) in [6, 6.07) is 49.0. The molecule has 2 aliphatic heterocycles. The molecule has 1 N–H and O–H groups in total. The van der Waals surface area contributed by atoms with E-state index < -0.39 is 23.5 Å². The van der Waals surface area contributed by atoms with Crippen molar-refractivity contribution in [3.8, 4) is 0 Å². The minimum atomic E-state index is -0.730. The molecule has 8 rings (SSSR count). The smallest absolute Gasteiger partial charge is 0.356 e. The average molecular weight is 677 g/mol. The van der Waals surface area contributed by atoms with Gasteiger partial charge in [0.2, 0.25) is 5.91 Å². The summed E-state index contributed by atoms with van der Waals surface area (Å²) in [7, 11) is 0. The molecule has 0 radical (unpaired) electrons. The number of amides is 2. The van der Waals surface area contributed by atoms with Gasteiger partial charge in [0.05, 0.1) is 6.42 Å². The molecule has 5 aromatic carbocycles. The number of β-lactam (4-membered cyclic amide) rings is 1. The van der Waals surface area contributed by atoms with Crippen molar-refractivity contribution < 1.29 is 19.1 Å². The Kier molecular flexibility index (Phi) is 8.59. The van der Waals surface area contributed by atoms with Crippen LogP contribution in [0.1, 0.15) is 40.3 Å². The number of esters is 1. The van der Waals surface area contributed by atoms with E-state index in [0.717, 1.165) is 28.7 Å². The van der Waals surface area contributed by atoms with E-state index in [1.54, 1.807) is 16.7 Å². The van der Waals surface area contributed by atoms with E-state index in [1.165, 1.54) is 11.1 Å². The summed E-state index contributed by atoms with van der Waals surface area (Å²) in [5.41, 5.74) is 5.78. The number of fused-ring (bicyclic) bond motifs is 1. The number of hydrogen-bond acceptors (Lipinski definition) is 5. The Morgan fingerprint density at radius 1 is 0.740 bits per heavy atom. The van der Waals surface area contributed by atoms with Crippen LogP contribution in [0.4, 0.5) is 0 Å². The van der Waals surface area contributed by atoms with E-state index in [1.807, 2.05) is 103 Å². The first-order chi connectivity index (χ1) is 24.5. The van der Waals surface area contributed by atoms with Crippen LogP contribution in [-0.2, 0) is 31.0 Å². The van der Waals surface area contributed by atoms with Crippen LogP contribution < -0.4 is 5.32 Å². The van der Waals surface area contributed by atoms with Gasteiger partial charge in [0.25, 0.3) is 5.91 Å². The largest absolute Gasteiger partial charge is 0.448 e. The fourth-order valence-electron chi connectivity index (χ4n) is 7.61. The molecule has 2 heterocycles. The van der Waals surface area contributed by atoms with Crippen molar-refractivity contribution in [1.29, 1.82) is 0 Å². The number of ether oxygens (including phenoxy) is 1.